The molecule has 0 fully saturated rings. The van der Waals surface area contributed by atoms with Gasteiger partial charge in [-0.1, -0.05) is 87.6 Å². The van der Waals surface area contributed by atoms with Crippen LogP contribution in [0.4, 0.5) is 0 Å². The van der Waals surface area contributed by atoms with Gasteiger partial charge in [-0.15, -0.1) is 0 Å². The molecule has 0 aromatic heterocycles. The van der Waals surface area contributed by atoms with E-state index < -0.39 is 0 Å². The van der Waals surface area contributed by atoms with E-state index >= 15 is 0 Å². The monoisotopic (exact) mass is 298 g/mol. The van der Waals surface area contributed by atoms with Crippen LogP contribution in [0.25, 0.3) is 5.57 Å². The van der Waals surface area contributed by atoms with Crippen molar-refractivity contribution >= 4 is 5.57 Å². The van der Waals surface area contributed by atoms with Crippen molar-refractivity contribution in [2.45, 2.75) is 55.4 Å². The van der Waals surface area contributed by atoms with E-state index in [-0.39, 0.29) is 7.43 Å². The van der Waals surface area contributed by atoms with Crippen LogP contribution in [-0.2, 0) is 0 Å². The van der Waals surface area contributed by atoms with Crippen LogP contribution in [-0.4, -0.2) is 0 Å². The van der Waals surface area contributed by atoms with Crippen molar-refractivity contribution in [3.63, 3.8) is 0 Å². The molecule has 122 valence electrons. The summed E-state index contributed by atoms with van der Waals surface area (Å²) in [4.78, 5) is 0. The summed E-state index contributed by atoms with van der Waals surface area (Å²) >= 11 is 0. The van der Waals surface area contributed by atoms with Crippen LogP contribution in [0.15, 0.2) is 71.9 Å². The fourth-order valence-corrected chi connectivity index (χ4v) is 1.94. The van der Waals surface area contributed by atoms with Crippen LogP contribution in [0.5, 0.6) is 0 Å². The molecule has 0 spiro atoms. The minimum atomic E-state index is 0. The van der Waals surface area contributed by atoms with E-state index in [0.717, 1.165) is 6.42 Å². The Morgan fingerprint density at radius 1 is 0.955 bits per heavy atom. The number of benzene rings is 1. The molecule has 1 aromatic rings. The van der Waals surface area contributed by atoms with E-state index in [2.05, 4.69) is 82.3 Å². The van der Waals surface area contributed by atoms with Crippen molar-refractivity contribution in [3.05, 3.63) is 77.4 Å². The molecule has 0 amide bonds. The van der Waals surface area contributed by atoms with Crippen LogP contribution in [0.3, 0.4) is 0 Å². The highest BCUT2D eigenvalue weighted by atomic mass is 14.0. The second-order valence-electron chi connectivity index (χ2n) is 4.80. The Morgan fingerprint density at radius 2 is 1.55 bits per heavy atom. The number of hydrogen-bond acceptors (Lipinski definition) is 0. The van der Waals surface area contributed by atoms with Crippen molar-refractivity contribution in [1.29, 1.82) is 0 Å². The van der Waals surface area contributed by atoms with Crippen LogP contribution in [0, 0.1) is 0 Å². The molecule has 0 unspecified atom stereocenters. The third kappa shape index (κ3) is 9.18. The largest absolute Gasteiger partial charge is 0.0841 e. The van der Waals surface area contributed by atoms with E-state index in [4.69, 9.17) is 0 Å². The highest BCUT2D eigenvalue weighted by Gasteiger charge is 1.95. The predicted molar refractivity (Wildman–Crippen MR) is 105 cm³/mol. The van der Waals surface area contributed by atoms with Crippen LogP contribution in [0.1, 0.15) is 61.0 Å². The third-order valence-corrected chi connectivity index (χ3v) is 2.91. The fraction of sp³-hybridized carbons (Fsp3) is 0.364. The van der Waals surface area contributed by atoms with E-state index in [1.54, 1.807) is 0 Å². The standard InChI is InChI=1S/C19H24.C2H6.CH4/c1-5-17(15-16(3)4)11-10-14-18(6-2)19-12-8-7-9-13-19;1-2;/h5-10,12-15H,11H2,1-4H3;1-2H3;1H4/b14-10-,17-5-,18-6+;;. The number of hydrogen-bond donors (Lipinski definition) is 0. The van der Waals surface area contributed by atoms with Crippen LogP contribution in [0.2, 0.25) is 0 Å². The topological polar surface area (TPSA) is 0 Å². The Balaban J connectivity index is 0. The average Bonchev–Trinajstić information content (AvgIpc) is 2.53. The maximum Gasteiger partial charge on any atom is -0.00974 e. The smallest absolute Gasteiger partial charge is 0.00974 e. The molecule has 0 N–H and O–H groups in total. The van der Waals surface area contributed by atoms with Crippen molar-refractivity contribution in [3.8, 4) is 0 Å². The Labute approximate surface area is 139 Å². The van der Waals surface area contributed by atoms with Gasteiger partial charge in [0.15, 0.2) is 0 Å². The zero-order valence-electron chi connectivity index (χ0n) is 14.5. The third-order valence-electron chi connectivity index (χ3n) is 2.91. The maximum absolute atomic E-state index is 2.24. The van der Waals surface area contributed by atoms with Crippen molar-refractivity contribution in [1.82, 2.24) is 0 Å². The summed E-state index contributed by atoms with van der Waals surface area (Å²) in [5, 5.41) is 0. The fourth-order valence-electron chi connectivity index (χ4n) is 1.94. The molecule has 0 nitrogen and oxygen atoms in total. The number of allylic oxidation sites excluding steroid dienone is 8. The second kappa shape index (κ2) is 14.1. The second-order valence-corrected chi connectivity index (χ2v) is 4.80. The Kier molecular flexibility index (Phi) is 14.4. The van der Waals surface area contributed by atoms with Gasteiger partial charge in [-0.3, -0.25) is 0 Å². The minimum Gasteiger partial charge on any atom is -0.0841 e. The van der Waals surface area contributed by atoms with Crippen LogP contribution >= 0.6 is 0 Å². The highest BCUT2D eigenvalue weighted by molar-refractivity contribution is 5.73. The van der Waals surface area contributed by atoms with Crippen molar-refractivity contribution < 1.29 is 0 Å². The molecule has 0 atom stereocenters. The molecule has 0 bridgehead atoms. The molecular formula is C22H34. The highest BCUT2D eigenvalue weighted by Crippen LogP contribution is 2.16. The van der Waals surface area contributed by atoms with Gasteiger partial charge >= 0.3 is 0 Å². The van der Waals surface area contributed by atoms with Gasteiger partial charge in [0.1, 0.15) is 0 Å². The lowest BCUT2D eigenvalue weighted by molar-refractivity contribution is 1.24. The van der Waals surface area contributed by atoms with Crippen LogP contribution < -0.4 is 0 Å². The lowest BCUT2D eigenvalue weighted by Crippen LogP contribution is -1.81. The number of rotatable bonds is 5. The van der Waals surface area contributed by atoms with Gasteiger partial charge in [-0.05, 0) is 50.8 Å². The summed E-state index contributed by atoms with van der Waals surface area (Å²) < 4.78 is 0. The Bertz CT molecular complexity index is 492. The van der Waals surface area contributed by atoms with Gasteiger partial charge in [0.2, 0.25) is 0 Å². The lowest BCUT2D eigenvalue weighted by atomic mass is 10.0. The summed E-state index contributed by atoms with van der Waals surface area (Å²) in [6.07, 6.45) is 12.0. The SMILES string of the molecule is C.C/C=C(\C=C(C)C)C/C=C\C(=C/C)c1ccccc1.CC. The minimum absolute atomic E-state index is 0. The van der Waals surface area contributed by atoms with E-state index in [9.17, 15) is 0 Å². The normalized spacial score (nSPS) is 11.4. The van der Waals surface area contributed by atoms with E-state index in [1.165, 1.54) is 22.3 Å². The molecule has 1 rings (SSSR count). The molecule has 22 heavy (non-hydrogen) atoms. The molecule has 0 saturated carbocycles. The first-order valence-electron chi connectivity index (χ1n) is 7.85. The molecule has 0 aliphatic heterocycles. The van der Waals surface area contributed by atoms with E-state index in [1.807, 2.05) is 19.9 Å². The summed E-state index contributed by atoms with van der Waals surface area (Å²) in [5.74, 6) is 0. The molecule has 0 saturated heterocycles. The molecular weight excluding hydrogens is 264 g/mol. The molecule has 1 aromatic carbocycles. The quantitative estimate of drug-likeness (QED) is 0.491. The van der Waals surface area contributed by atoms with Crippen molar-refractivity contribution in [2.75, 3.05) is 0 Å². The van der Waals surface area contributed by atoms with E-state index in [0.29, 0.717) is 0 Å². The van der Waals surface area contributed by atoms with Gasteiger partial charge in [0.05, 0.1) is 0 Å². The lowest BCUT2D eigenvalue weighted by Gasteiger charge is -2.02. The molecule has 0 aliphatic carbocycles. The zero-order chi connectivity index (χ0) is 16.1. The van der Waals surface area contributed by atoms with Gasteiger partial charge in [-0.2, -0.15) is 0 Å². The summed E-state index contributed by atoms with van der Waals surface area (Å²) in [6.45, 7) is 12.4. The van der Waals surface area contributed by atoms with Gasteiger partial charge in [0.25, 0.3) is 0 Å². The predicted octanol–water partition coefficient (Wildman–Crippen LogP) is 7.61. The summed E-state index contributed by atoms with van der Waals surface area (Å²) in [6, 6.07) is 10.5. The maximum atomic E-state index is 2.24. The first-order valence-corrected chi connectivity index (χ1v) is 7.85. The summed E-state index contributed by atoms with van der Waals surface area (Å²) in [7, 11) is 0. The van der Waals surface area contributed by atoms with Gasteiger partial charge < -0.3 is 0 Å². The summed E-state index contributed by atoms with van der Waals surface area (Å²) in [5.41, 5.74) is 5.24. The molecule has 0 aliphatic rings. The zero-order valence-corrected chi connectivity index (χ0v) is 14.5. The van der Waals surface area contributed by atoms with Gasteiger partial charge in [-0.25, -0.2) is 0 Å². The van der Waals surface area contributed by atoms with Crippen molar-refractivity contribution in [2.24, 2.45) is 0 Å². The molecule has 0 radical (unpaired) electrons. The Morgan fingerprint density at radius 3 is 2.00 bits per heavy atom. The first kappa shape index (κ1) is 22.5. The molecule has 0 heterocycles. The Hall–Kier alpha value is -1.82. The first-order chi connectivity index (χ1) is 10.2. The molecule has 0 heteroatoms. The van der Waals surface area contributed by atoms with Gasteiger partial charge in [0, 0.05) is 0 Å². The average molecular weight is 299 g/mol.